The van der Waals surface area contributed by atoms with Gasteiger partial charge < -0.3 is 10.6 Å². The SMILES string of the molecule is CC(=O)c1cccc(Nc2cnc(C(=O)Nc3ccccc3C(C)(C)C)cn2)c1. The van der Waals surface area contributed by atoms with Crippen LogP contribution in [0.15, 0.2) is 60.9 Å². The summed E-state index contributed by atoms with van der Waals surface area (Å²) in [6, 6.07) is 14.8. The molecule has 0 spiro atoms. The van der Waals surface area contributed by atoms with Crippen molar-refractivity contribution in [1.82, 2.24) is 9.97 Å². The smallest absolute Gasteiger partial charge is 0.275 e. The van der Waals surface area contributed by atoms with E-state index in [4.69, 9.17) is 0 Å². The van der Waals surface area contributed by atoms with Gasteiger partial charge in [0.25, 0.3) is 5.91 Å². The molecule has 3 aromatic rings. The number of ketones is 1. The molecule has 148 valence electrons. The van der Waals surface area contributed by atoms with Crippen molar-refractivity contribution in [1.29, 1.82) is 0 Å². The molecule has 29 heavy (non-hydrogen) atoms. The maximum atomic E-state index is 12.6. The summed E-state index contributed by atoms with van der Waals surface area (Å²) in [6.45, 7) is 7.81. The fourth-order valence-corrected chi connectivity index (χ4v) is 2.91. The van der Waals surface area contributed by atoms with Gasteiger partial charge in [0.2, 0.25) is 0 Å². The standard InChI is InChI=1S/C23H24N4O2/c1-15(28)16-8-7-9-17(12-16)26-21-14-24-20(13-25-21)22(29)27-19-11-6-5-10-18(19)23(2,3)4/h5-14H,1-4H3,(H,25,26)(H,27,29). The Labute approximate surface area is 170 Å². The topological polar surface area (TPSA) is 84.0 Å². The predicted molar refractivity (Wildman–Crippen MR) is 115 cm³/mol. The monoisotopic (exact) mass is 388 g/mol. The van der Waals surface area contributed by atoms with Gasteiger partial charge in [-0.25, -0.2) is 9.97 Å². The summed E-state index contributed by atoms with van der Waals surface area (Å²) in [6.07, 6.45) is 2.91. The number of carbonyl (C=O) groups is 2. The van der Waals surface area contributed by atoms with Gasteiger partial charge in [0.1, 0.15) is 11.5 Å². The highest BCUT2D eigenvalue weighted by Crippen LogP contribution is 2.29. The second-order valence-electron chi connectivity index (χ2n) is 7.80. The Morgan fingerprint density at radius 3 is 2.34 bits per heavy atom. The Balaban J connectivity index is 1.73. The molecule has 2 N–H and O–H groups in total. The highest BCUT2D eigenvalue weighted by Gasteiger charge is 2.19. The first kappa shape index (κ1) is 20.2. The molecule has 0 unspecified atom stereocenters. The van der Waals surface area contributed by atoms with Crippen molar-refractivity contribution in [3.05, 3.63) is 77.7 Å². The van der Waals surface area contributed by atoms with E-state index in [-0.39, 0.29) is 22.8 Å². The number of rotatable bonds is 5. The van der Waals surface area contributed by atoms with Gasteiger partial charge in [-0.3, -0.25) is 9.59 Å². The fourth-order valence-electron chi connectivity index (χ4n) is 2.91. The molecular formula is C23H24N4O2. The Hall–Kier alpha value is -3.54. The third kappa shape index (κ3) is 5.04. The van der Waals surface area contributed by atoms with E-state index < -0.39 is 0 Å². The average molecular weight is 388 g/mol. The van der Waals surface area contributed by atoms with Gasteiger partial charge in [0.15, 0.2) is 5.78 Å². The number of aromatic nitrogens is 2. The van der Waals surface area contributed by atoms with Gasteiger partial charge in [-0.15, -0.1) is 0 Å². The molecule has 0 aliphatic rings. The number of nitrogens with zero attached hydrogens (tertiary/aromatic N) is 2. The third-order valence-corrected chi connectivity index (χ3v) is 4.41. The number of benzene rings is 2. The highest BCUT2D eigenvalue weighted by molar-refractivity contribution is 6.03. The maximum absolute atomic E-state index is 12.6. The second-order valence-corrected chi connectivity index (χ2v) is 7.80. The Morgan fingerprint density at radius 2 is 1.69 bits per heavy atom. The van der Waals surface area contributed by atoms with Crippen molar-refractivity contribution in [3.8, 4) is 0 Å². The van der Waals surface area contributed by atoms with Crippen LogP contribution >= 0.6 is 0 Å². The van der Waals surface area contributed by atoms with Crippen molar-refractivity contribution in [3.63, 3.8) is 0 Å². The first-order valence-corrected chi connectivity index (χ1v) is 9.35. The van der Waals surface area contributed by atoms with Gasteiger partial charge in [0, 0.05) is 16.9 Å². The summed E-state index contributed by atoms with van der Waals surface area (Å²) in [4.78, 5) is 32.6. The molecule has 6 nitrogen and oxygen atoms in total. The van der Waals surface area contributed by atoms with Crippen LogP contribution in [0.4, 0.5) is 17.2 Å². The molecule has 3 rings (SSSR count). The van der Waals surface area contributed by atoms with Crippen LogP contribution in [0.2, 0.25) is 0 Å². The molecule has 0 aliphatic carbocycles. The Bertz CT molecular complexity index is 1040. The van der Waals surface area contributed by atoms with Crippen molar-refractivity contribution >= 4 is 28.9 Å². The van der Waals surface area contributed by atoms with E-state index in [1.54, 1.807) is 18.2 Å². The van der Waals surface area contributed by atoms with E-state index in [2.05, 4.69) is 41.4 Å². The molecule has 1 heterocycles. The summed E-state index contributed by atoms with van der Waals surface area (Å²) >= 11 is 0. The molecular weight excluding hydrogens is 364 g/mol. The van der Waals surface area contributed by atoms with Gasteiger partial charge in [-0.05, 0) is 36.1 Å². The lowest BCUT2D eigenvalue weighted by molar-refractivity contribution is 0.101. The van der Waals surface area contributed by atoms with Crippen LogP contribution in [0.25, 0.3) is 0 Å². The zero-order chi connectivity index (χ0) is 21.0. The lowest BCUT2D eigenvalue weighted by Crippen LogP contribution is -2.19. The molecule has 0 saturated carbocycles. The van der Waals surface area contributed by atoms with Crippen LogP contribution in [0.1, 0.15) is 54.1 Å². The number of anilines is 3. The summed E-state index contributed by atoms with van der Waals surface area (Å²) in [5.74, 6) is 0.152. The summed E-state index contributed by atoms with van der Waals surface area (Å²) in [7, 11) is 0. The van der Waals surface area contributed by atoms with E-state index in [0.29, 0.717) is 11.4 Å². The molecule has 0 atom stereocenters. The lowest BCUT2D eigenvalue weighted by atomic mass is 9.86. The number of hydrogen-bond acceptors (Lipinski definition) is 5. The van der Waals surface area contributed by atoms with Crippen molar-refractivity contribution in [2.75, 3.05) is 10.6 Å². The normalized spacial score (nSPS) is 11.0. The van der Waals surface area contributed by atoms with Gasteiger partial charge in [-0.1, -0.05) is 51.1 Å². The quantitative estimate of drug-likeness (QED) is 0.603. The number of para-hydroxylation sites is 1. The molecule has 0 saturated heterocycles. The Morgan fingerprint density at radius 1 is 0.931 bits per heavy atom. The van der Waals surface area contributed by atoms with Crippen molar-refractivity contribution in [2.45, 2.75) is 33.1 Å². The molecule has 1 aromatic heterocycles. The van der Waals surface area contributed by atoms with Crippen molar-refractivity contribution < 1.29 is 9.59 Å². The minimum atomic E-state index is -0.320. The molecule has 6 heteroatoms. The van der Waals surface area contributed by atoms with E-state index in [1.165, 1.54) is 19.3 Å². The summed E-state index contributed by atoms with van der Waals surface area (Å²) in [5, 5.41) is 6.01. The van der Waals surface area contributed by atoms with Crippen LogP contribution in [-0.4, -0.2) is 21.7 Å². The molecule has 2 aromatic carbocycles. The van der Waals surface area contributed by atoms with E-state index in [0.717, 1.165) is 16.9 Å². The first-order chi connectivity index (χ1) is 13.7. The average Bonchev–Trinajstić information content (AvgIpc) is 2.68. The third-order valence-electron chi connectivity index (χ3n) is 4.41. The zero-order valence-electron chi connectivity index (χ0n) is 17.0. The van der Waals surface area contributed by atoms with E-state index >= 15 is 0 Å². The fraction of sp³-hybridized carbons (Fsp3) is 0.217. The molecule has 0 fully saturated rings. The van der Waals surface area contributed by atoms with Crippen LogP contribution in [0.5, 0.6) is 0 Å². The molecule has 1 amide bonds. The van der Waals surface area contributed by atoms with Crippen molar-refractivity contribution in [2.24, 2.45) is 0 Å². The zero-order valence-corrected chi connectivity index (χ0v) is 17.0. The highest BCUT2D eigenvalue weighted by atomic mass is 16.2. The number of carbonyl (C=O) groups excluding carboxylic acids is 2. The first-order valence-electron chi connectivity index (χ1n) is 9.35. The number of hydrogen-bond donors (Lipinski definition) is 2. The molecule has 0 aliphatic heterocycles. The second kappa shape index (κ2) is 8.22. The van der Waals surface area contributed by atoms with Gasteiger partial charge >= 0.3 is 0 Å². The minimum absolute atomic E-state index is 0.0118. The van der Waals surface area contributed by atoms with Crippen LogP contribution in [0.3, 0.4) is 0 Å². The molecule has 0 bridgehead atoms. The lowest BCUT2D eigenvalue weighted by Gasteiger charge is -2.22. The maximum Gasteiger partial charge on any atom is 0.275 e. The van der Waals surface area contributed by atoms with E-state index in [9.17, 15) is 9.59 Å². The Kier molecular flexibility index (Phi) is 5.73. The van der Waals surface area contributed by atoms with Crippen LogP contribution in [-0.2, 0) is 5.41 Å². The largest absolute Gasteiger partial charge is 0.339 e. The predicted octanol–water partition coefficient (Wildman–Crippen LogP) is 4.97. The van der Waals surface area contributed by atoms with E-state index in [1.807, 2.05) is 30.3 Å². The molecule has 0 radical (unpaired) electrons. The van der Waals surface area contributed by atoms with Crippen LogP contribution < -0.4 is 10.6 Å². The number of amides is 1. The van der Waals surface area contributed by atoms with Gasteiger partial charge in [0.05, 0.1) is 12.4 Å². The van der Waals surface area contributed by atoms with Crippen LogP contribution in [0, 0.1) is 0 Å². The summed E-state index contributed by atoms with van der Waals surface area (Å²) in [5.41, 5.74) is 3.26. The number of Topliss-reactive ketones (excluding diaryl/α,β-unsaturated/α-hetero) is 1. The minimum Gasteiger partial charge on any atom is -0.339 e. The number of nitrogens with one attached hydrogen (secondary N) is 2. The van der Waals surface area contributed by atoms with Gasteiger partial charge in [-0.2, -0.15) is 0 Å². The summed E-state index contributed by atoms with van der Waals surface area (Å²) < 4.78 is 0.